The van der Waals surface area contributed by atoms with Gasteiger partial charge in [-0.15, -0.1) is 0 Å². The standard InChI is InChI=1S/C16H19NO3S/c1-21(19,20)12-11-17-16(13-5-3-2-4-6-13)14-7-9-15(18)10-8-14/h2-10,16-18H,11-12H2,1H3. The van der Waals surface area contributed by atoms with Gasteiger partial charge in [0.05, 0.1) is 11.8 Å². The number of hydrogen-bond acceptors (Lipinski definition) is 4. The minimum absolute atomic E-state index is 0.0917. The Morgan fingerprint density at radius 1 is 1.00 bits per heavy atom. The monoisotopic (exact) mass is 305 g/mol. The molecule has 21 heavy (non-hydrogen) atoms. The second kappa shape index (κ2) is 6.74. The molecular formula is C16H19NO3S. The number of nitrogens with one attached hydrogen (secondary N) is 1. The molecule has 5 heteroatoms. The second-order valence-corrected chi connectivity index (χ2v) is 7.28. The molecule has 0 aliphatic heterocycles. The molecule has 0 amide bonds. The molecule has 1 atom stereocenters. The van der Waals surface area contributed by atoms with Crippen LogP contribution in [0.3, 0.4) is 0 Å². The molecule has 0 bridgehead atoms. The molecule has 1 unspecified atom stereocenters. The number of phenols is 1. The van der Waals surface area contributed by atoms with E-state index in [0.717, 1.165) is 11.1 Å². The predicted octanol–water partition coefficient (Wildman–Crippen LogP) is 2.12. The lowest BCUT2D eigenvalue weighted by atomic mass is 9.98. The highest BCUT2D eigenvalue weighted by Gasteiger charge is 2.14. The summed E-state index contributed by atoms with van der Waals surface area (Å²) in [5.74, 6) is 0.302. The van der Waals surface area contributed by atoms with E-state index in [4.69, 9.17) is 0 Å². The number of hydrogen-bond donors (Lipinski definition) is 2. The molecule has 0 saturated heterocycles. The van der Waals surface area contributed by atoms with Crippen LogP contribution in [0.5, 0.6) is 5.75 Å². The first-order valence-corrected chi connectivity index (χ1v) is 8.77. The van der Waals surface area contributed by atoms with Gasteiger partial charge in [0.15, 0.2) is 0 Å². The highest BCUT2D eigenvalue weighted by molar-refractivity contribution is 7.90. The van der Waals surface area contributed by atoms with E-state index < -0.39 is 9.84 Å². The first-order chi connectivity index (χ1) is 9.96. The molecule has 2 aromatic rings. The fourth-order valence-electron chi connectivity index (χ4n) is 2.13. The van der Waals surface area contributed by atoms with Crippen LogP contribution in [0.15, 0.2) is 54.6 Å². The van der Waals surface area contributed by atoms with Crippen LogP contribution in [-0.4, -0.2) is 32.1 Å². The van der Waals surface area contributed by atoms with Gasteiger partial charge in [-0.1, -0.05) is 42.5 Å². The average molecular weight is 305 g/mol. The molecule has 0 aliphatic carbocycles. The van der Waals surface area contributed by atoms with Crippen molar-refractivity contribution in [1.29, 1.82) is 0 Å². The topological polar surface area (TPSA) is 66.4 Å². The zero-order valence-electron chi connectivity index (χ0n) is 11.9. The van der Waals surface area contributed by atoms with Gasteiger partial charge >= 0.3 is 0 Å². The number of rotatable bonds is 6. The Kier molecular flexibility index (Phi) is 4.98. The molecule has 0 aliphatic rings. The van der Waals surface area contributed by atoms with E-state index in [1.807, 2.05) is 42.5 Å². The number of benzene rings is 2. The molecule has 112 valence electrons. The maximum Gasteiger partial charge on any atom is 0.148 e. The quantitative estimate of drug-likeness (QED) is 0.858. The van der Waals surface area contributed by atoms with Gasteiger partial charge in [0.1, 0.15) is 15.6 Å². The van der Waals surface area contributed by atoms with E-state index >= 15 is 0 Å². The number of sulfone groups is 1. The Bertz CT molecular complexity index is 666. The van der Waals surface area contributed by atoms with Gasteiger partial charge in [-0.25, -0.2) is 8.42 Å². The van der Waals surface area contributed by atoms with Crippen molar-refractivity contribution in [3.8, 4) is 5.75 Å². The minimum Gasteiger partial charge on any atom is -0.508 e. The van der Waals surface area contributed by atoms with Crippen LogP contribution in [0, 0.1) is 0 Å². The SMILES string of the molecule is CS(=O)(=O)CCNC(c1ccccc1)c1ccc(O)cc1. The molecule has 0 saturated carbocycles. The first-order valence-electron chi connectivity index (χ1n) is 6.71. The van der Waals surface area contributed by atoms with Crippen molar-refractivity contribution in [2.45, 2.75) is 6.04 Å². The van der Waals surface area contributed by atoms with Gasteiger partial charge in [0, 0.05) is 12.8 Å². The summed E-state index contributed by atoms with van der Waals surface area (Å²) < 4.78 is 22.5. The van der Waals surface area contributed by atoms with Crippen LogP contribution in [0.1, 0.15) is 17.2 Å². The van der Waals surface area contributed by atoms with Crippen molar-refractivity contribution in [2.75, 3.05) is 18.6 Å². The molecule has 2 N–H and O–H groups in total. The molecule has 0 heterocycles. The Labute approximate surface area is 125 Å². The number of phenolic OH excluding ortho intramolecular Hbond substituents is 1. The molecule has 0 aromatic heterocycles. The third kappa shape index (κ3) is 4.88. The molecule has 0 radical (unpaired) electrons. The average Bonchev–Trinajstić information content (AvgIpc) is 2.45. The second-order valence-electron chi connectivity index (χ2n) is 5.02. The van der Waals surface area contributed by atoms with Crippen LogP contribution in [-0.2, 0) is 9.84 Å². The maximum absolute atomic E-state index is 11.3. The summed E-state index contributed by atoms with van der Waals surface area (Å²) in [7, 11) is -2.99. The fourth-order valence-corrected chi connectivity index (χ4v) is 2.62. The number of aromatic hydroxyl groups is 1. The van der Waals surface area contributed by atoms with E-state index in [1.165, 1.54) is 6.26 Å². The van der Waals surface area contributed by atoms with Crippen LogP contribution in [0.25, 0.3) is 0 Å². The first kappa shape index (κ1) is 15.5. The van der Waals surface area contributed by atoms with Crippen molar-refractivity contribution < 1.29 is 13.5 Å². The third-order valence-corrected chi connectivity index (χ3v) is 4.13. The van der Waals surface area contributed by atoms with Crippen LogP contribution >= 0.6 is 0 Å². The zero-order valence-corrected chi connectivity index (χ0v) is 12.7. The Balaban J connectivity index is 2.20. The van der Waals surface area contributed by atoms with Crippen LogP contribution in [0.4, 0.5) is 0 Å². The fraction of sp³-hybridized carbons (Fsp3) is 0.250. The molecule has 0 fully saturated rings. The summed E-state index contributed by atoms with van der Waals surface area (Å²) in [4.78, 5) is 0. The molecule has 2 aromatic carbocycles. The lowest BCUT2D eigenvalue weighted by Crippen LogP contribution is -2.27. The summed E-state index contributed by atoms with van der Waals surface area (Å²) in [5.41, 5.74) is 2.03. The highest BCUT2D eigenvalue weighted by Crippen LogP contribution is 2.23. The Hall–Kier alpha value is -1.85. The third-order valence-electron chi connectivity index (χ3n) is 3.18. The van der Waals surface area contributed by atoms with Crippen molar-refractivity contribution in [3.05, 3.63) is 65.7 Å². The molecule has 4 nitrogen and oxygen atoms in total. The van der Waals surface area contributed by atoms with Gasteiger partial charge < -0.3 is 10.4 Å². The van der Waals surface area contributed by atoms with Crippen molar-refractivity contribution in [3.63, 3.8) is 0 Å². The van der Waals surface area contributed by atoms with Gasteiger partial charge in [0.2, 0.25) is 0 Å². The molecule has 0 spiro atoms. The summed E-state index contributed by atoms with van der Waals surface area (Å²) in [6, 6.07) is 16.6. The summed E-state index contributed by atoms with van der Waals surface area (Å²) in [6.45, 7) is 0.374. The maximum atomic E-state index is 11.3. The van der Waals surface area contributed by atoms with E-state index in [9.17, 15) is 13.5 Å². The van der Waals surface area contributed by atoms with Crippen LogP contribution < -0.4 is 5.32 Å². The largest absolute Gasteiger partial charge is 0.508 e. The van der Waals surface area contributed by atoms with E-state index in [2.05, 4.69) is 5.32 Å². The molecular weight excluding hydrogens is 286 g/mol. The summed E-state index contributed by atoms with van der Waals surface area (Å²) in [5, 5.41) is 12.7. The highest BCUT2D eigenvalue weighted by atomic mass is 32.2. The van der Waals surface area contributed by atoms with E-state index in [0.29, 0.717) is 6.54 Å². The summed E-state index contributed by atoms with van der Waals surface area (Å²) >= 11 is 0. The Morgan fingerprint density at radius 2 is 1.57 bits per heavy atom. The van der Waals surface area contributed by atoms with Gasteiger partial charge in [-0.2, -0.15) is 0 Å². The molecule has 2 rings (SSSR count). The van der Waals surface area contributed by atoms with Crippen molar-refractivity contribution in [2.24, 2.45) is 0 Å². The minimum atomic E-state index is -2.99. The van der Waals surface area contributed by atoms with E-state index in [-0.39, 0.29) is 17.5 Å². The van der Waals surface area contributed by atoms with Crippen molar-refractivity contribution in [1.82, 2.24) is 5.32 Å². The van der Waals surface area contributed by atoms with Gasteiger partial charge in [-0.05, 0) is 23.3 Å². The smallest absolute Gasteiger partial charge is 0.148 e. The lowest BCUT2D eigenvalue weighted by molar-refractivity contribution is 0.474. The van der Waals surface area contributed by atoms with Gasteiger partial charge in [0.25, 0.3) is 0 Å². The summed E-state index contributed by atoms with van der Waals surface area (Å²) in [6.07, 6.45) is 1.23. The van der Waals surface area contributed by atoms with E-state index in [1.54, 1.807) is 12.1 Å². The predicted molar refractivity (Wildman–Crippen MR) is 84.1 cm³/mol. The normalized spacial score (nSPS) is 13.0. The van der Waals surface area contributed by atoms with Crippen molar-refractivity contribution >= 4 is 9.84 Å². The lowest BCUT2D eigenvalue weighted by Gasteiger charge is -2.19. The van der Waals surface area contributed by atoms with Crippen LogP contribution in [0.2, 0.25) is 0 Å². The Morgan fingerprint density at radius 3 is 2.14 bits per heavy atom. The van der Waals surface area contributed by atoms with Gasteiger partial charge in [-0.3, -0.25) is 0 Å². The zero-order chi connectivity index (χ0) is 15.3.